The summed E-state index contributed by atoms with van der Waals surface area (Å²) in [5, 5.41) is 6.04. The highest BCUT2D eigenvalue weighted by atomic mass is 32.2. The number of aryl methyl sites for hydroxylation is 2. The molecule has 0 aliphatic heterocycles. The van der Waals surface area contributed by atoms with Crippen molar-refractivity contribution in [1.82, 2.24) is 19.5 Å². The van der Waals surface area contributed by atoms with E-state index in [1.807, 2.05) is 0 Å². The molecule has 1 N–H and O–H groups in total. The van der Waals surface area contributed by atoms with Gasteiger partial charge in [-0.3, -0.25) is 14.5 Å². The van der Waals surface area contributed by atoms with Crippen LogP contribution >= 0.6 is 0 Å². The smallest absolute Gasteiger partial charge is 0.266 e. The molecule has 4 aromatic rings. The predicted octanol–water partition coefficient (Wildman–Crippen LogP) is 2.55. The first-order valence-electron chi connectivity index (χ1n) is 8.21. The van der Waals surface area contributed by atoms with Crippen molar-refractivity contribution in [2.24, 2.45) is 7.05 Å². The van der Waals surface area contributed by atoms with Crippen molar-refractivity contribution < 1.29 is 13.2 Å². The van der Waals surface area contributed by atoms with E-state index in [0.717, 1.165) is 0 Å². The number of hydrogen-bond acceptors (Lipinski definition) is 5. The van der Waals surface area contributed by atoms with E-state index in [9.17, 15) is 13.2 Å². The Kier molecular flexibility index (Phi) is 3.92. The van der Waals surface area contributed by atoms with Gasteiger partial charge in [-0.05, 0) is 25.1 Å². The van der Waals surface area contributed by atoms with Gasteiger partial charge in [-0.25, -0.2) is 13.1 Å². The molecular weight excluding hydrogens is 364 g/mol. The Bertz CT molecular complexity index is 1310. The van der Waals surface area contributed by atoms with Gasteiger partial charge in [-0.2, -0.15) is 5.10 Å². The zero-order valence-electron chi connectivity index (χ0n) is 14.7. The second-order valence-electron chi connectivity index (χ2n) is 6.23. The number of amides is 1. The van der Waals surface area contributed by atoms with Gasteiger partial charge in [-0.1, -0.05) is 30.3 Å². The molecule has 0 saturated carbocycles. The van der Waals surface area contributed by atoms with Gasteiger partial charge in [0.15, 0.2) is 0 Å². The number of carbonyl (C=O) groups excluding carboxylic acids is 1. The van der Waals surface area contributed by atoms with Gasteiger partial charge in [-0.15, -0.1) is 0 Å². The molecule has 2 aromatic heterocycles. The highest BCUT2D eigenvalue weighted by Crippen LogP contribution is 2.24. The van der Waals surface area contributed by atoms with Crippen molar-refractivity contribution >= 4 is 37.6 Å². The molecule has 2 heterocycles. The van der Waals surface area contributed by atoms with E-state index in [4.69, 9.17) is 0 Å². The minimum absolute atomic E-state index is 0.0327. The van der Waals surface area contributed by atoms with E-state index in [1.54, 1.807) is 62.6 Å². The van der Waals surface area contributed by atoms with E-state index in [2.05, 4.69) is 14.8 Å². The lowest BCUT2D eigenvalue weighted by molar-refractivity contribution is 0.0974. The molecule has 8 heteroatoms. The fraction of sp³-hybridized carbons (Fsp3) is 0.105. The maximum Gasteiger partial charge on any atom is 0.283 e. The molecule has 0 fully saturated rings. The van der Waals surface area contributed by atoms with Gasteiger partial charge >= 0.3 is 0 Å². The number of carbonyl (C=O) groups is 1. The third-order valence-electron chi connectivity index (χ3n) is 4.33. The highest BCUT2D eigenvalue weighted by molar-refractivity contribution is 7.90. The molecule has 2 aromatic carbocycles. The van der Waals surface area contributed by atoms with Gasteiger partial charge in [0, 0.05) is 35.1 Å². The fourth-order valence-electron chi connectivity index (χ4n) is 3.12. The Balaban J connectivity index is 1.79. The van der Waals surface area contributed by atoms with Crippen LogP contribution in [0.4, 0.5) is 0 Å². The lowest BCUT2D eigenvalue weighted by Gasteiger charge is -2.10. The number of rotatable bonds is 3. The van der Waals surface area contributed by atoms with Crippen LogP contribution in [0, 0.1) is 6.92 Å². The van der Waals surface area contributed by atoms with Crippen molar-refractivity contribution in [3.8, 4) is 0 Å². The number of hydrogen-bond donors (Lipinski definition) is 1. The molecule has 0 atom stereocenters. The van der Waals surface area contributed by atoms with Crippen molar-refractivity contribution in [3.05, 3.63) is 66.1 Å². The molecule has 0 bridgehead atoms. The van der Waals surface area contributed by atoms with Crippen LogP contribution in [0.15, 0.2) is 59.6 Å². The monoisotopic (exact) mass is 380 g/mol. The summed E-state index contributed by atoms with van der Waals surface area (Å²) in [6.45, 7) is 1.78. The Morgan fingerprint density at radius 3 is 2.67 bits per heavy atom. The van der Waals surface area contributed by atoms with Crippen LogP contribution in [0.3, 0.4) is 0 Å². The van der Waals surface area contributed by atoms with E-state index in [-0.39, 0.29) is 10.6 Å². The van der Waals surface area contributed by atoms with Crippen molar-refractivity contribution in [1.29, 1.82) is 0 Å². The summed E-state index contributed by atoms with van der Waals surface area (Å²) in [5.41, 5.74) is 1.50. The second kappa shape index (κ2) is 6.17. The first-order chi connectivity index (χ1) is 12.9. The summed E-state index contributed by atoms with van der Waals surface area (Å²) < 4.78 is 29.4. The predicted molar refractivity (Wildman–Crippen MR) is 102 cm³/mol. The maximum absolute atomic E-state index is 12.9. The first-order valence-corrected chi connectivity index (χ1v) is 9.69. The number of nitrogens with one attached hydrogen (secondary N) is 1. The molecule has 0 aliphatic carbocycles. The lowest BCUT2D eigenvalue weighted by atomic mass is 10.1. The molecule has 0 unspecified atom stereocenters. The maximum atomic E-state index is 12.9. The third-order valence-corrected chi connectivity index (χ3v) is 5.72. The van der Waals surface area contributed by atoms with Crippen LogP contribution in [0.1, 0.15) is 16.2 Å². The van der Waals surface area contributed by atoms with Crippen LogP contribution in [-0.2, 0) is 17.1 Å². The largest absolute Gasteiger partial charge is 0.283 e. The standard InChI is InChI=1S/C19H16N4O3S/c1-12-10-15-13(11-20-12)6-5-9-17(15)27(25,26)22-19(24)18-14-7-3-4-8-16(14)21-23(18)2/h3-11H,1-2H3,(H,22,24). The summed E-state index contributed by atoms with van der Waals surface area (Å²) in [7, 11) is -2.48. The van der Waals surface area contributed by atoms with Crippen molar-refractivity contribution in [2.75, 3.05) is 0 Å². The van der Waals surface area contributed by atoms with Crippen molar-refractivity contribution in [2.45, 2.75) is 11.8 Å². The zero-order valence-corrected chi connectivity index (χ0v) is 15.5. The van der Waals surface area contributed by atoms with E-state index in [1.165, 1.54) is 10.7 Å². The summed E-state index contributed by atoms with van der Waals surface area (Å²) in [4.78, 5) is 17.0. The summed E-state index contributed by atoms with van der Waals surface area (Å²) >= 11 is 0. The molecule has 4 rings (SSSR count). The normalized spacial score (nSPS) is 11.8. The molecular formula is C19H16N4O3S. The number of fused-ring (bicyclic) bond motifs is 2. The minimum Gasteiger partial charge on any atom is -0.266 e. The molecule has 0 saturated heterocycles. The molecule has 27 heavy (non-hydrogen) atoms. The Morgan fingerprint density at radius 1 is 1.07 bits per heavy atom. The second-order valence-corrected chi connectivity index (χ2v) is 7.88. The fourth-order valence-corrected chi connectivity index (χ4v) is 4.30. The van der Waals surface area contributed by atoms with Gasteiger partial charge in [0.1, 0.15) is 5.69 Å². The van der Waals surface area contributed by atoms with Gasteiger partial charge in [0.2, 0.25) is 0 Å². The molecule has 0 spiro atoms. The van der Waals surface area contributed by atoms with Gasteiger partial charge < -0.3 is 0 Å². The third kappa shape index (κ3) is 2.93. The molecule has 0 radical (unpaired) electrons. The Morgan fingerprint density at radius 2 is 1.85 bits per heavy atom. The summed E-state index contributed by atoms with van der Waals surface area (Å²) in [6, 6.07) is 13.6. The lowest BCUT2D eigenvalue weighted by Crippen LogP contribution is -2.32. The van der Waals surface area contributed by atoms with E-state index in [0.29, 0.717) is 27.4 Å². The SMILES string of the molecule is Cc1cc2c(S(=O)(=O)NC(=O)c3c4ccccc4nn3C)cccc2cn1. The van der Waals surface area contributed by atoms with Crippen LogP contribution in [0.2, 0.25) is 0 Å². The molecule has 1 amide bonds. The van der Waals surface area contributed by atoms with Crippen LogP contribution in [0.5, 0.6) is 0 Å². The van der Waals surface area contributed by atoms with Gasteiger partial charge in [0.05, 0.1) is 10.4 Å². The zero-order chi connectivity index (χ0) is 19.2. The highest BCUT2D eigenvalue weighted by Gasteiger charge is 2.24. The minimum atomic E-state index is -4.08. The van der Waals surface area contributed by atoms with Crippen LogP contribution in [-0.4, -0.2) is 29.1 Å². The molecule has 0 aliphatic rings. The van der Waals surface area contributed by atoms with Crippen LogP contribution in [0.25, 0.3) is 21.7 Å². The number of aromatic nitrogens is 3. The Hall–Kier alpha value is -3.26. The number of nitrogens with zero attached hydrogens (tertiary/aromatic N) is 3. The Labute approximate surface area is 155 Å². The topological polar surface area (TPSA) is 94.0 Å². The number of pyridine rings is 1. The van der Waals surface area contributed by atoms with E-state index < -0.39 is 15.9 Å². The molecule has 136 valence electrons. The molecule has 7 nitrogen and oxygen atoms in total. The number of sulfonamides is 1. The quantitative estimate of drug-likeness (QED) is 0.589. The van der Waals surface area contributed by atoms with Crippen LogP contribution < -0.4 is 4.72 Å². The average Bonchev–Trinajstić information content (AvgIpc) is 2.96. The summed E-state index contributed by atoms with van der Waals surface area (Å²) in [6.07, 6.45) is 1.61. The number of benzene rings is 2. The summed E-state index contributed by atoms with van der Waals surface area (Å²) in [5.74, 6) is -0.728. The van der Waals surface area contributed by atoms with E-state index >= 15 is 0 Å². The van der Waals surface area contributed by atoms with Gasteiger partial charge in [0.25, 0.3) is 15.9 Å². The first kappa shape index (κ1) is 17.2. The average molecular weight is 380 g/mol. The van der Waals surface area contributed by atoms with Crippen molar-refractivity contribution in [3.63, 3.8) is 0 Å².